The van der Waals surface area contributed by atoms with Crippen LogP contribution in [0.1, 0.15) is 33.8 Å². The molecule has 0 unspecified atom stereocenters. The lowest BCUT2D eigenvalue weighted by Gasteiger charge is -2.22. The molecular weight excluding hydrogens is 368 g/mol. The van der Waals surface area contributed by atoms with E-state index in [0.717, 1.165) is 5.56 Å². The van der Waals surface area contributed by atoms with Crippen molar-refractivity contribution in [2.24, 2.45) is 5.73 Å². The molecule has 0 spiro atoms. The quantitative estimate of drug-likeness (QED) is 0.839. The Labute approximate surface area is 159 Å². The van der Waals surface area contributed by atoms with Crippen LogP contribution in [0.15, 0.2) is 33.7 Å². The van der Waals surface area contributed by atoms with Crippen molar-refractivity contribution >= 4 is 15.9 Å². The van der Waals surface area contributed by atoms with Crippen LogP contribution in [0, 0.1) is 13.8 Å². The predicted molar refractivity (Wildman–Crippen MR) is 99.6 cm³/mol. The molecule has 9 heteroatoms. The number of aromatic nitrogens is 1. The minimum atomic E-state index is -3.70. The number of rotatable bonds is 4. The zero-order chi connectivity index (χ0) is 19.6. The van der Waals surface area contributed by atoms with Gasteiger partial charge in [0.2, 0.25) is 10.0 Å². The molecule has 0 atom stereocenters. The van der Waals surface area contributed by atoms with E-state index in [2.05, 4.69) is 5.16 Å². The molecule has 1 aromatic carbocycles. The lowest BCUT2D eigenvalue weighted by molar-refractivity contribution is 0.0764. The molecule has 0 aliphatic carbocycles. The van der Waals surface area contributed by atoms with E-state index < -0.39 is 10.0 Å². The minimum Gasteiger partial charge on any atom is -0.360 e. The molecule has 2 heterocycles. The second-order valence-corrected chi connectivity index (χ2v) is 8.48. The number of hydrogen-bond acceptors (Lipinski definition) is 6. The molecule has 0 saturated carbocycles. The van der Waals surface area contributed by atoms with Crippen molar-refractivity contribution in [3.05, 3.63) is 46.8 Å². The third-order valence-corrected chi connectivity index (χ3v) is 6.89. The third-order valence-electron chi connectivity index (χ3n) is 4.74. The van der Waals surface area contributed by atoms with Gasteiger partial charge >= 0.3 is 0 Å². The van der Waals surface area contributed by atoms with Crippen LogP contribution in [0.5, 0.6) is 0 Å². The summed E-state index contributed by atoms with van der Waals surface area (Å²) in [6.45, 7) is 5.05. The van der Waals surface area contributed by atoms with Gasteiger partial charge < -0.3 is 15.2 Å². The molecule has 1 aliphatic heterocycles. The number of amides is 1. The maximum atomic E-state index is 13.0. The first-order valence-electron chi connectivity index (χ1n) is 8.86. The zero-order valence-electron chi connectivity index (χ0n) is 15.5. The number of nitrogens with two attached hydrogens (primary N) is 1. The monoisotopic (exact) mass is 392 g/mol. The second-order valence-electron chi connectivity index (χ2n) is 6.60. The lowest BCUT2D eigenvalue weighted by Crippen LogP contribution is -2.37. The lowest BCUT2D eigenvalue weighted by atomic mass is 10.1. The van der Waals surface area contributed by atoms with E-state index in [0.29, 0.717) is 43.9 Å². The number of aryl methyl sites for hydroxylation is 2. The molecular formula is C18H24N4O4S. The van der Waals surface area contributed by atoms with E-state index in [9.17, 15) is 13.2 Å². The summed E-state index contributed by atoms with van der Waals surface area (Å²) < 4.78 is 32.4. The molecule has 1 aromatic heterocycles. The summed E-state index contributed by atoms with van der Waals surface area (Å²) in [6.07, 6.45) is 0.565. The highest BCUT2D eigenvalue weighted by atomic mass is 32.2. The number of nitrogens with zero attached hydrogens (tertiary/aromatic N) is 3. The maximum absolute atomic E-state index is 13.0. The predicted octanol–water partition coefficient (Wildman–Crippen LogP) is 1.29. The fraction of sp³-hybridized carbons (Fsp3) is 0.444. The van der Waals surface area contributed by atoms with Crippen molar-refractivity contribution in [2.45, 2.75) is 31.7 Å². The number of carbonyl (C=O) groups excluding carboxylic acids is 1. The van der Waals surface area contributed by atoms with E-state index in [1.165, 1.54) is 4.31 Å². The highest BCUT2D eigenvalue weighted by Gasteiger charge is 2.33. The average Bonchev–Trinajstić information content (AvgIpc) is 2.87. The fourth-order valence-electron chi connectivity index (χ4n) is 3.28. The van der Waals surface area contributed by atoms with Crippen molar-refractivity contribution < 1.29 is 17.7 Å². The summed E-state index contributed by atoms with van der Waals surface area (Å²) in [4.78, 5) is 14.6. The van der Waals surface area contributed by atoms with Gasteiger partial charge in [0.25, 0.3) is 5.91 Å². The van der Waals surface area contributed by atoms with E-state index in [4.69, 9.17) is 10.3 Å². The normalized spacial score (nSPS) is 16.3. The van der Waals surface area contributed by atoms with Crippen molar-refractivity contribution in [1.29, 1.82) is 0 Å². The van der Waals surface area contributed by atoms with Gasteiger partial charge in [-0.3, -0.25) is 4.79 Å². The number of hydrogen-bond donors (Lipinski definition) is 1. The highest BCUT2D eigenvalue weighted by molar-refractivity contribution is 7.89. The smallest absolute Gasteiger partial charge is 0.253 e. The summed E-state index contributed by atoms with van der Waals surface area (Å²) in [5.41, 5.74) is 7.48. The Morgan fingerprint density at radius 1 is 1.15 bits per heavy atom. The van der Waals surface area contributed by atoms with E-state index >= 15 is 0 Å². The second kappa shape index (κ2) is 7.79. The Morgan fingerprint density at radius 2 is 1.85 bits per heavy atom. The Kier molecular flexibility index (Phi) is 5.64. The topological polar surface area (TPSA) is 110 Å². The van der Waals surface area contributed by atoms with Crippen LogP contribution in [-0.2, 0) is 16.6 Å². The zero-order valence-corrected chi connectivity index (χ0v) is 16.3. The molecule has 0 radical (unpaired) electrons. The van der Waals surface area contributed by atoms with Gasteiger partial charge in [-0.1, -0.05) is 17.3 Å². The van der Waals surface area contributed by atoms with Gasteiger partial charge in [-0.15, -0.1) is 0 Å². The molecule has 27 heavy (non-hydrogen) atoms. The van der Waals surface area contributed by atoms with Gasteiger partial charge in [0.15, 0.2) is 5.76 Å². The average molecular weight is 392 g/mol. The van der Waals surface area contributed by atoms with Crippen molar-refractivity contribution in [3.63, 3.8) is 0 Å². The molecule has 2 aromatic rings. The van der Waals surface area contributed by atoms with Gasteiger partial charge in [-0.25, -0.2) is 8.42 Å². The SMILES string of the molecule is Cc1noc(C)c1S(=O)(=O)N1CCCN(C(=O)c2ccc(CN)cc2)CC1. The van der Waals surface area contributed by atoms with Crippen LogP contribution in [0.25, 0.3) is 0 Å². The first-order chi connectivity index (χ1) is 12.8. The summed E-state index contributed by atoms with van der Waals surface area (Å²) in [7, 11) is -3.70. The molecule has 1 amide bonds. The minimum absolute atomic E-state index is 0.102. The van der Waals surface area contributed by atoms with Crippen LogP contribution in [0.2, 0.25) is 0 Å². The number of carbonyl (C=O) groups is 1. The van der Waals surface area contributed by atoms with Crippen LogP contribution in [0.4, 0.5) is 0 Å². The summed E-state index contributed by atoms with van der Waals surface area (Å²) >= 11 is 0. The fourth-order valence-corrected chi connectivity index (χ4v) is 5.04. The van der Waals surface area contributed by atoms with Crippen LogP contribution in [0.3, 0.4) is 0 Å². The van der Waals surface area contributed by atoms with Crippen LogP contribution >= 0.6 is 0 Å². The van der Waals surface area contributed by atoms with E-state index in [-0.39, 0.29) is 23.1 Å². The Balaban J connectivity index is 1.74. The van der Waals surface area contributed by atoms with Gasteiger partial charge in [0.05, 0.1) is 0 Å². The third kappa shape index (κ3) is 3.90. The standard InChI is InChI=1S/C18H24N4O4S/c1-13-17(14(2)26-20-13)27(24,25)22-9-3-8-21(10-11-22)18(23)16-6-4-15(12-19)5-7-16/h4-7H,3,8-12,19H2,1-2H3. The first-order valence-corrected chi connectivity index (χ1v) is 10.3. The van der Waals surface area contributed by atoms with Crippen molar-refractivity contribution in [1.82, 2.24) is 14.4 Å². The Bertz CT molecular complexity index is 902. The maximum Gasteiger partial charge on any atom is 0.253 e. The molecule has 0 bridgehead atoms. The largest absolute Gasteiger partial charge is 0.360 e. The van der Waals surface area contributed by atoms with E-state index in [1.807, 2.05) is 12.1 Å². The van der Waals surface area contributed by atoms with Gasteiger partial charge in [-0.2, -0.15) is 4.31 Å². The molecule has 1 fully saturated rings. The van der Waals surface area contributed by atoms with Crippen LogP contribution < -0.4 is 5.73 Å². The van der Waals surface area contributed by atoms with Gasteiger partial charge in [0.1, 0.15) is 10.6 Å². The van der Waals surface area contributed by atoms with Crippen molar-refractivity contribution in [2.75, 3.05) is 26.2 Å². The number of benzene rings is 1. The Hall–Kier alpha value is -2.23. The summed E-state index contributed by atoms with van der Waals surface area (Å²) in [5, 5.41) is 3.74. The molecule has 3 rings (SSSR count). The molecule has 8 nitrogen and oxygen atoms in total. The summed E-state index contributed by atoms with van der Waals surface area (Å²) in [6, 6.07) is 7.18. The first kappa shape index (κ1) is 19.5. The molecule has 1 saturated heterocycles. The van der Waals surface area contributed by atoms with Gasteiger partial charge in [0, 0.05) is 38.3 Å². The Morgan fingerprint density at radius 3 is 2.44 bits per heavy atom. The van der Waals surface area contributed by atoms with Crippen molar-refractivity contribution in [3.8, 4) is 0 Å². The van der Waals surface area contributed by atoms with Crippen LogP contribution in [-0.4, -0.2) is 54.9 Å². The highest BCUT2D eigenvalue weighted by Crippen LogP contribution is 2.24. The molecule has 1 aliphatic rings. The summed E-state index contributed by atoms with van der Waals surface area (Å²) in [5.74, 6) is 0.180. The molecule has 146 valence electrons. The molecule has 2 N–H and O–H groups in total. The van der Waals surface area contributed by atoms with E-state index in [1.54, 1.807) is 30.9 Å². The number of sulfonamides is 1. The van der Waals surface area contributed by atoms with Gasteiger partial charge in [-0.05, 0) is 38.0 Å².